The van der Waals surface area contributed by atoms with Crippen LogP contribution in [0.25, 0.3) is 0 Å². The van der Waals surface area contributed by atoms with Gasteiger partial charge < -0.3 is 4.43 Å². The number of thiophene rings is 1. The maximum atomic E-state index is 11.5. The molecule has 2 N–H and O–H groups in total. The highest BCUT2D eigenvalue weighted by atomic mass is 32.2. The third-order valence-electron chi connectivity index (χ3n) is 4.31. The molecule has 0 saturated heterocycles. The lowest BCUT2D eigenvalue weighted by Crippen LogP contribution is -2.41. The summed E-state index contributed by atoms with van der Waals surface area (Å²) in [5, 5.41) is 7.21. The molecule has 4 nitrogen and oxygen atoms in total. The van der Waals surface area contributed by atoms with E-state index < -0.39 is 18.3 Å². The van der Waals surface area contributed by atoms with Crippen LogP contribution in [0.15, 0.2) is 15.7 Å². The molecule has 128 valence electrons. The van der Waals surface area contributed by atoms with Crippen LogP contribution in [0.2, 0.25) is 18.1 Å². The zero-order valence-corrected chi connectivity index (χ0v) is 17.1. The molecule has 1 aromatic rings. The summed E-state index contributed by atoms with van der Waals surface area (Å²) in [4.78, 5) is 0. The summed E-state index contributed by atoms with van der Waals surface area (Å²) >= 11 is 1.17. The van der Waals surface area contributed by atoms with E-state index >= 15 is 0 Å². The molecule has 0 bridgehead atoms. The summed E-state index contributed by atoms with van der Waals surface area (Å²) in [6, 6.07) is 1.67. The van der Waals surface area contributed by atoms with E-state index in [9.17, 15) is 8.42 Å². The first kappa shape index (κ1) is 19.8. The number of hydrogen-bond acceptors (Lipinski definition) is 4. The second-order valence-electron chi connectivity index (χ2n) is 7.25. The van der Waals surface area contributed by atoms with Crippen molar-refractivity contribution < 1.29 is 12.8 Å². The highest BCUT2D eigenvalue weighted by Gasteiger charge is 2.39. The molecule has 0 aliphatic carbocycles. The van der Waals surface area contributed by atoms with Gasteiger partial charge in [0.15, 0.2) is 8.32 Å². The van der Waals surface area contributed by atoms with Crippen LogP contribution in [0.5, 0.6) is 0 Å². The van der Waals surface area contributed by atoms with Crippen LogP contribution in [0.3, 0.4) is 0 Å². The summed E-state index contributed by atoms with van der Waals surface area (Å²) in [5.74, 6) is 0. The minimum absolute atomic E-state index is 0.0485. The Kier molecular flexibility index (Phi) is 6.43. The van der Waals surface area contributed by atoms with Gasteiger partial charge in [0.05, 0.1) is 6.10 Å². The molecule has 22 heavy (non-hydrogen) atoms. The van der Waals surface area contributed by atoms with Crippen LogP contribution >= 0.6 is 11.3 Å². The first-order valence-corrected chi connectivity index (χ1v) is 13.0. The topological polar surface area (TPSA) is 69.4 Å². The van der Waals surface area contributed by atoms with Crippen LogP contribution < -0.4 is 5.14 Å². The molecule has 0 aliphatic heterocycles. The predicted octanol–water partition coefficient (Wildman–Crippen LogP) is 4.65. The van der Waals surface area contributed by atoms with E-state index in [1.165, 1.54) is 11.3 Å². The Balaban J connectivity index is 3.06. The molecule has 1 heterocycles. The Morgan fingerprint density at radius 3 is 2.36 bits per heavy atom. The maximum Gasteiger partial charge on any atom is 0.247 e. The van der Waals surface area contributed by atoms with E-state index in [2.05, 4.69) is 40.8 Å². The van der Waals surface area contributed by atoms with Crippen molar-refractivity contribution in [2.75, 3.05) is 0 Å². The van der Waals surface area contributed by atoms with Gasteiger partial charge in [-0.1, -0.05) is 40.5 Å². The number of nitrogens with two attached hydrogens (primary N) is 1. The quantitative estimate of drug-likeness (QED) is 0.717. The molecule has 0 saturated carbocycles. The van der Waals surface area contributed by atoms with Crippen molar-refractivity contribution in [1.82, 2.24) is 0 Å². The van der Waals surface area contributed by atoms with E-state index in [0.29, 0.717) is 0 Å². The number of unbranched alkanes of at least 4 members (excludes halogenated alkanes) is 1. The second-order valence-corrected chi connectivity index (χ2v) is 14.7. The molecular weight excluding hydrogens is 334 g/mol. The van der Waals surface area contributed by atoms with Gasteiger partial charge in [-0.05, 0) is 41.6 Å². The van der Waals surface area contributed by atoms with Gasteiger partial charge in [0.25, 0.3) is 0 Å². The van der Waals surface area contributed by atoms with Crippen molar-refractivity contribution in [3.8, 4) is 0 Å². The van der Waals surface area contributed by atoms with Gasteiger partial charge in [0, 0.05) is 0 Å². The van der Waals surface area contributed by atoms with E-state index in [1.807, 2.05) is 5.38 Å². The molecule has 0 spiro atoms. The van der Waals surface area contributed by atoms with Gasteiger partial charge in [-0.3, -0.25) is 0 Å². The molecule has 7 heteroatoms. The number of primary sulfonamides is 1. The molecule has 1 aromatic heterocycles. The smallest absolute Gasteiger partial charge is 0.247 e. The lowest BCUT2D eigenvalue weighted by atomic mass is 10.1. The van der Waals surface area contributed by atoms with Crippen LogP contribution in [0, 0.1) is 0 Å². The van der Waals surface area contributed by atoms with Crippen molar-refractivity contribution in [2.24, 2.45) is 5.14 Å². The van der Waals surface area contributed by atoms with Crippen molar-refractivity contribution >= 4 is 29.7 Å². The Labute approximate surface area is 140 Å². The average molecular weight is 364 g/mol. The van der Waals surface area contributed by atoms with Crippen LogP contribution in [-0.2, 0) is 14.4 Å². The molecule has 1 atom stereocenters. The van der Waals surface area contributed by atoms with E-state index in [-0.39, 0.29) is 15.4 Å². The highest BCUT2D eigenvalue weighted by molar-refractivity contribution is 7.91. The molecule has 0 radical (unpaired) electrons. The third-order valence-corrected chi connectivity index (χ3v) is 11.2. The minimum atomic E-state index is -3.63. The molecular formula is C15H29NO3S2Si. The van der Waals surface area contributed by atoms with Gasteiger partial charge in [-0.2, -0.15) is 0 Å². The minimum Gasteiger partial charge on any atom is -0.410 e. The number of hydrogen-bond donors (Lipinski definition) is 1. The van der Waals surface area contributed by atoms with Gasteiger partial charge in [0.2, 0.25) is 10.0 Å². The second kappa shape index (κ2) is 7.13. The zero-order valence-electron chi connectivity index (χ0n) is 14.5. The summed E-state index contributed by atoms with van der Waals surface area (Å²) in [5.41, 5.74) is 0.937. The lowest BCUT2D eigenvalue weighted by molar-refractivity contribution is 0.171. The van der Waals surface area contributed by atoms with Crippen molar-refractivity contribution in [2.45, 2.75) is 75.4 Å². The molecule has 0 fully saturated rings. The first-order valence-electron chi connectivity index (χ1n) is 7.67. The monoisotopic (exact) mass is 363 g/mol. The first-order chi connectivity index (χ1) is 9.88. The van der Waals surface area contributed by atoms with Crippen molar-refractivity contribution in [1.29, 1.82) is 0 Å². The Hall–Kier alpha value is -0.213. The van der Waals surface area contributed by atoms with E-state index in [1.54, 1.807) is 6.07 Å². The SMILES string of the molecule is CCCCC(O[Si](C)(C)C(C)(C)C)c1csc(S(N)(=O)=O)c1. The normalized spacial score (nSPS) is 15.0. The molecule has 0 aliphatic rings. The fourth-order valence-electron chi connectivity index (χ4n) is 1.86. The average Bonchev–Trinajstić information content (AvgIpc) is 2.82. The number of rotatable bonds is 7. The van der Waals surface area contributed by atoms with Crippen LogP contribution in [0.1, 0.15) is 58.6 Å². The molecule has 0 amide bonds. The zero-order chi connectivity index (χ0) is 17.2. The van der Waals surface area contributed by atoms with Crippen LogP contribution in [0.4, 0.5) is 0 Å². The van der Waals surface area contributed by atoms with Crippen molar-refractivity contribution in [3.63, 3.8) is 0 Å². The van der Waals surface area contributed by atoms with Gasteiger partial charge in [-0.15, -0.1) is 11.3 Å². The largest absolute Gasteiger partial charge is 0.410 e. The molecule has 1 rings (SSSR count). The van der Waals surface area contributed by atoms with Gasteiger partial charge >= 0.3 is 0 Å². The number of sulfonamides is 1. The van der Waals surface area contributed by atoms with Crippen molar-refractivity contribution in [3.05, 3.63) is 17.0 Å². The lowest BCUT2D eigenvalue weighted by Gasteiger charge is -2.39. The predicted molar refractivity (Wildman–Crippen MR) is 96.2 cm³/mol. The van der Waals surface area contributed by atoms with E-state index in [0.717, 1.165) is 24.8 Å². The fourth-order valence-corrected chi connectivity index (χ4v) is 4.84. The maximum absolute atomic E-state index is 11.5. The third kappa shape index (κ3) is 5.16. The summed E-state index contributed by atoms with van der Waals surface area (Å²) < 4.78 is 29.7. The Morgan fingerprint density at radius 2 is 1.95 bits per heavy atom. The molecule has 0 aromatic carbocycles. The summed E-state index contributed by atoms with van der Waals surface area (Å²) in [6.45, 7) is 13.2. The summed E-state index contributed by atoms with van der Waals surface area (Å²) in [7, 11) is -5.55. The molecule has 1 unspecified atom stereocenters. The van der Waals surface area contributed by atoms with E-state index in [4.69, 9.17) is 9.56 Å². The Morgan fingerprint density at radius 1 is 1.36 bits per heavy atom. The Bertz CT molecular complexity index is 588. The van der Waals surface area contributed by atoms with Gasteiger partial charge in [-0.25, -0.2) is 13.6 Å². The van der Waals surface area contributed by atoms with Crippen LogP contribution in [-0.4, -0.2) is 16.7 Å². The fraction of sp³-hybridized carbons (Fsp3) is 0.733. The standard InChI is InChI=1S/C15H29NO3S2Si/c1-7-8-9-13(19-22(5,6)15(2,3)4)12-10-14(20-11-12)21(16,17)18/h10-11,13H,7-9H2,1-6H3,(H2,16,17,18). The summed E-state index contributed by atoms with van der Waals surface area (Å²) in [6.07, 6.45) is 3.00. The highest BCUT2D eigenvalue weighted by Crippen LogP contribution is 2.41. The van der Waals surface area contributed by atoms with Gasteiger partial charge in [0.1, 0.15) is 4.21 Å².